The van der Waals surface area contributed by atoms with Crippen molar-refractivity contribution in [2.24, 2.45) is 0 Å². The van der Waals surface area contributed by atoms with E-state index in [-0.39, 0.29) is 17.9 Å². The van der Waals surface area contributed by atoms with Crippen LogP contribution in [0.25, 0.3) is 5.76 Å². The maximum Gasteiger partial charge on any atom is 0.295 e. The first kappa shape index (κ1) is 25.4. The Morgan fingerprint density at radius 2 is 1.72 bits per heavy atom. The number of likely N-dealkylation sites (tertiary alicyclic amines) is 1. The number of Topliss-reactive ketones (excluding diaryl/α,β-unsaturated/α-hetero) is 1. The molecule has 2 aliphatic heterocycles. The Morgan fingerprint density at radius 1 is 1.00 bits per heavy atom. The Hall–Kier alpha value is -3.72. The molecule has 0 spiro atoms. The highest BCUT2D eigenvalue weighted by Crippen LogP contribution is 2.43. The third-order valence-corrected chi connectivity index (χ3v) is 5.99. The van der Waals surface area contributed by atoms with Crippen molar-refractivity contribution < 1.29 is 38.4 Å². The van der Waals surface area contributed by atoms with E-state index in [1.165, 1.54) is 4.90 Å². The Labute approximate surface area is 210 Å². The van der Waals surface area contributed by atoms with Crippen LogP contribution in [0.1, 0.15) is 37.4 Å². The van der Waals surface area contributed by atoms with Crippen molar-refractivity contribution in [1.82, 2.24) is 4.90 Å². The molecule has 2 heterocycles. The molecule has 0 radical (unpaired) electrons. The van der Waals surface area contributed by atoms with Crippen molar-refractivity contribution in [3.05, 3.63) is 53.1 Å². The highest BCUT2D eigenvalue weighted by Gasteiger charge is 2.46. The molecule has 4 rings (SSSR count). The molecule has 9 heteroatoms. The molecule has 0 unspecified atom stereocenters. The largest absolute Gasteiger partial charge is 0.507 e. The minimum atomic E-state index is -0.815. The lowest BCUT2D eigenvalue weighted by atomic mass is 9.94. The number of methoxy groups -OCH3 is 1. The van der Waals surface area contributed by atoms with Crippen LogP contribution in [-0.4, -0.2) is 68.4 Å². The SMILES string of the molecule is CCOc1ccc([C@H]2C(=C(O)c3ccc4c(c3)OCCO4)C(=O)C(=O)N2CCCOC)cc1OCC. The van der Waals surface area contributed by atoms with Gasteiger partial charge >= 0.3 is 0 Å². The molecule has 0 aliphatic carbocycles. The van der Waals surface area contributed by atoms with Crippen LogP contribution in [0.2, 0.25) is 0 Å². The summed E-state index contributed by atoms with van der Waals surface area (Å²) >= 11 is 0. The summed E-state index contributed by atoms with van der Waals surface area (Å²) in [5.74, 6) is 0.373. The Kier molecular flexibility index (Phi) is 8.00. The quantitative estimate of drug-likeness (QED) is 0.229. The molecule has 36 heavy (non-hydrogen) atoms. The molecule has 1 fully saturated rings. The molecule has 2 aliphatic rings. The second kappa shape index (κ2) is 11.3. The second-order valence-corrected chi connectivity index (χ2v) is 8.27. The smallest absolute Gasteiger partial charge is 0.295 e. The van der Waals surface area contributed by atoms with E-state index < -0.39 is 17.7 Å². The summed E-state index contributed by atoms with van der Waals surface area (Å²) in [7, 11) is 1.58. The van der Waals surface area contributed by atoms with E-state index in [2.05, 4.69) is 0 Å². The van der Waals surface area contributed by atoms with Crippen LogP contribution in [-0.2, 0) is 14.3 Å². The fourth-order valence-electron chi connectivity index (χ4n) is 4.42. The number of benzene rings is 2. The van der Waals surface area contributed by atoms with Crippen molar-refractivity contribution in [2.45, 2.75) is 26.3 Å². The van der Waals surface area contributed by atoms with E-state index in [1.807, 2.05) is 13.8 Å². The topological polar surface area (TPSA) is 104 Å². The van der Waals surface area contributed by atoms with Crippen molar-refractivity contribution in [3.8, 4) is 23.0 Å². The van der Waals surface area contributed by atoms with Gasteiger partial charge in [-0.2, -0.15) is 0 Å². The van der Waals surface area contributed by atoms with Gasteiger partial charge in [0.25, 0.3) is 11.7 Å². The van der Waals surface area contributed by atoms with Gasteiger partial charge in [0, 0.05) is 25.8 Å². The molecule has 192 valence electrons. The number of hydrogen-bond donors (Lipinski definition) is 1. The standard InChI is InChI=1S/C27H31NO8/c1-4-33-19-9-7-17(15-21(19)34-5-2)24-23(26(30)27(31)28(24)11-6-12-32-3)25(29)18-8-10-20-22(16-18)36-14-13-35-20/h7-10,15-16,24,29H,4-6,11-14H2,1-3H3/t24-/m0/s1. The van der Waals surface area contributed by atoms with Gasteiger partial charge in [-0.15, -0.1) is 0 Å². The highest BCUT2D eigenvalue weighted by atomic mass is 16.6. The summed E-state index contributed by atoms with van der Waals surface area (Å²) in [5.41, 5.74) is 0.980. The average molecular weight is 498 g/mol. The molecular formula is C27H31NO8. The Bertz CT molecular complexity index is 1160. The molecule has 1 saturated heterocycles. The Morgan fingerprint density at radius 3 is 2.44 bits per heavy atom. The highest BCUT2D eigenvalue weighted by molar-refractivity contribution is 6.46. The molecule has 1 amide bonds. The molecule has 1 atom stereocenters. The van der Waals surface area contributed by atoms with E-state index in [1.54, 1.807) is 43.5 Å². The minimum Gasteiger partial charge on any atom is -0.507 e. The summed E-state index contributed by atoms with van der Waals surface area (Å²) in [6.07, 6.45) is 0.527. The number of carbonyl (C=O) groups is 2. The molecular weight excluding hydrogens is 466 g/mol. The van der Waals surface area contributed by atoms with Gasteiger partial charge in [0.2, 0.25) is 0 Å². The summed E-state index contributed by atoms with van der Waals surface area (Å²) in [4.78, 5) is 27.9. The first-order chi connectivity index (χ1) is 17.5. The zero-order valence-electron chi connectivity index (χ0n) is 20.7. The maximum absolute atomic E-state index is 13.3. The zero-order valence-corrected chi connectivity index (χ0v) is 20.7. The third-order valence-electron chi connectivity index (χ3n) is 5.99. The molecule has 0 saturated carbocycles. The summed E-state index contributed by atoms with van der Waals surface area (Å²) < 4.78 is 27.8. The van der Waals surface area contributed by atoms with Crippen molar-refractivity contribution in [3.63, 3.8) is 0 Å². The van der Waals surface area contributed by atoms with E-state index >= 15 is 0 Å². The van der Waals surface area contributed by atoms with Crippen molar-refractivity contribution in [1.29, 1.82) is 0 Å². The maximum atomic E-state index is 13.3. The van der Waals surface area contributed by atoms with Crippen LogP contribution in [0.5, 0.6) is 23.0 Å². The van der Waals surface area contributed by atoms with Gasteiger partial charge < -0.3 is 33.7 Å². The van der Waals surface area contributed by atoms with Crippen LogP contribution in [0.15, 0.2) is 42.0 Å². The van der Waals surface area contributed by atoms with Crippen LogP contribution in [0.3, 0.4) is 0 Å². The van der Waals surface area contributed by atoms with Gasteiger partial charge in [0.15, 0.2) is 23.0 Å². The van der Waals surface area contributed by atoms with Crippen LogP contribution < -0.4 is 18.9 Å². The fourth-order valence-corrected chi connectivity index (χ4v) is 4.42. The van der Waals surface area contributed by atoms with Gasteiger partial charge in [-0.05, 0) is 56.2 Å². The molecule has 0 bridgehead atoms. The summed E-state index contributed by atoms with van der Waals surface area (Å²) in [6.45, 7) is 6.12. The average Bonchev–Trinajstić information content (AvgIpc) is 3.14. The number of aliphatic hydroxyl groups is 1. The van der Waals surface area contributed by atoms with Crippen molar-refractivity contribution >= 4 is 17.4 Å². The molecule has 0 aromatic heterocycles. The van der Waals surface area contributed by atoms with E-state index in [0.29, 0.717) is 73.6 Å². The lowest BCUT2D eigenvalue weighted by Gasteiger charge is -2.26. The monoisotopic (exact) mass is 497 g/mol. The predicted octanol–water partition coefficient (Wildman–Crippen LogP) is 3.71. The zero-order chi connectivity index (χ0) is 25.7. The summed E-state index contributed by atoms with van der Waals surface area (Å²) in [6, 6.07) is 9.41. The lowest BCUT2D eigenvalue weighted by molar-refractivity contribution is -0.140. The first-order valence-electron chi connectivity index (χ1n) is 12.1. The Balaban J connectivity index is 1.82. The van der Waals surface area contributed by atoms with Crippen LogP contribution in [0.4, 0.5) is 0 Å². The number of rotatable bonds is 10. The van der Waals surface area contributed by atoms with Crippen LogP contribution in [0, 0.1) is 0 Å². The number of amides is 1. The number of fused-ring (bicyclic) bond motifs is 1. The van der Waals surface area contributed by atoms with E-state index in [0.717, 1.165) is 0 Å². The first-order valence-corrected chi connectivity index (χ1v) is 12.1. The predicted molar refractivity (Wildman–Crippen MR) is 132 cm³/mol. The number of carbonyl (C=O) groups excluding carboxylic acids is 2. The minimum absolute atomic E-state index is 0.000651. The normalized spacial score (nSPS) is 18.4. The van der Waals surface area contributed by atoms with E-state index in [9.17, 15) is 14.7 Å². The van der Waals surface area contributed by atoms with Crippen molar-refractivity contribution in [2.75, 3.05) is 46.7 Å². The lowest BCUT2D eigenvalue weighted by Crippen LogP contribution is -2.31. The van der Waals surface area contributed by atoms with Gasteiger partial charge in [-0.3, -0.25) is 9.59 Å². The second-order valence-electron chi connectivity index (χ2n) is 8.27. The number of ketones is 1. The van der Waals surface area contributed by atoms with Gasteiger partial charge in [-0.1, -0.05) is 6.07 Å². The van der Waals surface area contributed by atoms with E-state index in [4.69, 9.17) is 23.7 Å². The molecule has 2 aromatic carbocycles. The van der Waals surface area contributed by atoms with Gasteiger partial charge in [-0.25, -0.2) is 0 Å². The molecule has 1 N–H and O–H groups in total. The van der Waals surface area contributed by atoms with Gasteiger partial charge in [0.05, 0.1) is 24.8 Å². The number of hydrogen-bond acceptors (Lipinski definition) is 8. The number of nitrogens with zero attached hydrogens (tertiary/aromatic N) is 1. The number of aliphatic hydroxyl groups excluding tert-OH is 1. The molecule has 9 nitrogen and oxygen atoms in total. The molecule has 2 aromatic rings. The number of ether oxygens (including phenoxy) is 5. The third kappa shape index (κ3) is 4.97. The summed E-state index contributed by atoms with van der Waals surface area (Å²) in [5, 5.41) is 11.3. The van der Waals surface area contributed by atoms with Gasteiger partial charge in [0.1, 0.15) is 19.0 Å². The van der Waals surface area contributed by atoms with Crippen LogP contribution >= 0.6 is 0 Å². The fraction of sp³-hybridized carbons (Fsp3) is 0.407.